The highest BCUT2D eigenvalue weighted by Gasteiger charge is 2.26. The second-order valence-corrected chi connectivity index (χ2v) is 7.56. The first-order valence-electron chi connectivity index (χ1n) is 8.64. The van der Waals surface area contributed by atoms with E-state index in [0.29, 0.717) is 5.92 Å². The van der Waals surface area contributed by atoms with Gasteiger partial charge in [-0.1, -0.05) is 12.5 Å². The summed E-state index contributed by atoms with van der Waals surface area (Å²) in [4.78, 5) is 10.7. The van der Waals surface area contributed by atoms with Crippen LogP contribution in [0.4, 0.5) is 0 Å². The van der Waals surface area contributed by atoms with Crippen LogP contribution >= 0.6 is 11.3 Å². The Balaban J connectivity index is 1.43. The predicted molar refractivity (Wildman–Crippen MR) is 95.9 cm³/mol. The van der Waals surface area contributed by atoms with Crippen molar-refractivity contribution in [2.45, 2.75) is 31.9 Å². The Bertz CT molecular complexity index is 497. The van der Waals surface area contributed by atoms with Gasteiger partial charge in [0, 0.05) is 57.1 Å². The molecule has 2 heterocycles. The van der Waals surface area contributed by atoms with Gasteiger partial charge >= 0.3 is 0 Å². The first-order valence-corrected chi connectivity index (χ1v) is 9.52. The second kappa shape index (κ2) is 8.13. The number of guanidine groups is 1. The molecule has 1 saturated heterocycles. The molecule has 6 heteroatoms. The van der Waals surface area contributed by atoms with E-state index in [1.807, 2.05) is 18.4 Å². The Morgan fingerprint density at radius 2 is 2.17 bits per heavy atom. The Labute approximate surface area is 143 Å². The van der Waals surface area contributed by atoms with Gasteiger partial charge in [-0.25, -0.2) is 0 Å². The van der Waals surface area contributed by atoms with Crippen molar-refractivity contribution in [1.82, 2.24) is 15.1 Å². The van der Waals surface area contributed by atoms with Crippen molar-refractivity contribution in [2.75, 3.05) is 39.8 Å². The fourth-order valence-corrected chi connectivity index (χ4v) is 4.30. The lowest BCUT2D eigenvalue weighted by molar-refractivity contribution is 0.132. The lowest BCUT2D eigenvalue weighted by atomic mass is 10.1. The first kappa shape index (κ1) is 16.7. The van der Waals surface area contributed by atoms with Crippen LogP contribution in [0.1, 0.15) is 24.1 Å². The largest absolute Gasteiger partial charge is 0.393 e. The molecule has 0 spiro atoms. The maximum Gasteiger partial charge on any atom is 0.193 e. The molecule has 23 heavy (non-hydrogen) atoms. The number of aliphatic imine (C=N–C) groups is 1. The van der Waals surface area contributed by atoms with Gasteiger partial charge in [-0.05, 0) is 24.3 Å². The Hall–Kier alpha value is -1.11. The van der Waals surface area contributed by atoms with E-state index in [9.17, 15) is 5.11 Å². The van der Waals surface area contributed by atoms with Crippen molar-refractivity contribution in [3.63, 3.8) is 0 Å². The molecule has 2 aliphatic rings. The second-order valence-electron chi connectivity index (χ2n) is 6.53. The molecule has 2 unspecified atom stereocenters. The molecule has 1 aliphatic carbocycles. The zero-order valence-corrected chi connectivity index (χ0v) is 14.8. The van der Waals surface area contributed by atoms with Gasteiger partial charge in [0.05, 0.1) is 6.10 Å². The van der Waals surface area contributed by atoms with Crippen molar-refractivity contribution in [1.29, 1.82) is 0 Å². The summed E-state index contributed by atoms with van der Waals surface area (Å²) in [5, 5.41) is 15.6. The average molecular weight is 337 g/mol. The zero-order chi connectivity index (χ0) is 16.1. The van der Waals surface area contributed by atoms with Crippen LogP contribution in [0, 0.1) is 5.92 Å². The number of nitrogens with one attached hydrogen (secondary N) is 1. The molecular weight excluding hydrogens is 308 g/mol. The molecule has 2 N–H and O–H groups in total. The summed E-state index contributed by atoms with van der Waals surface area (Å²) >= 11 is 1.84. The number of aliphatic hydroxyl groups is 1. The summed E-state index contributed by atoms with van der Waals surface area (Å²) in [7, 11) is 1.85. The summed E-state index contributed by atoms with van der Waals surface area (Å²) in [6, 6.07) is 4.34. The number of thiophene rings is 1. The number of piperazine rings is 1. The van der Waals surface area contributed by atoms with Gasteiger partial charge in [-0.3, -0.25) is 9.89 Å². The minimum Gasteiger partial charge on any atom is -0.393 e. The minimum atomic E-state index is -0.136. The normalized spacial score (nSPS) is 26.7. The van der Waals surface area contributed by atoms with Gasteiger partial charge < -0.3 is 15.3 Å². The van der Waals surface area contributed by atoms with Crippen LogP contribution < -0.4 is 5.32 Å². The van der Waals surface area contributed by atoms with E-state index in [4.69, 9.17) is 0 Å². The van der Waals surface area contributed by atoms with Crippen molar-refractivity contribution in [3.05, 3.63) is 22.4 Å². The van der Waals surface area contributed by atoms with E-state index < -0.39 is 0 Å². The smallest absolute Gasteiger partial charge is 0.193 e. The Morgan fingerprint density at radius 3 is 2.78 bits per heavy atom. The van der Waals surface area contributed by atoms with Crippen molar-refractivity contribution in [3.8, 4) is 0 Å². The number of rotatable bonds is 4. The molecule has 5 nitrogen and oxygen atoms in total. The maximum absolute atomic E-state index is 9.94. The Kier molecular flexibility index (Phi) is 5.91. The van der Waals surface area contributed by atoms with Crippen molar-refractivity contribution < 1.29 is 5.11 Å². The van der Waals surface area contributed by atoms with E-state index in [1.165, 1.54) is 4.88 Å². The molecule has 1 aromatic heterocycles. The lowest BCUT2D eigenvalue weighted by Crippen LogP contribution is -2.52. The quantitative estimate of drug-likeness (QED) is 0.648. The van der Waals surface area contributed by atoms with Gasteiger partial charge in [-0.2, -0.15) is 0 Å². The molecule has 1 saturated carbocycles. The van der Waals surface area contributed by atoms with Crippen LogP contribution in [-0.2, 0) is 6.54 Å². The third-order valence-corrected chi connectivity index (χ3v) is 5.85. The van der Waals surface area contributed by atoms with Crippen LogP contribution in [0.3, 0.4) is 0 Å². The van der Waals surface area contributed by atoms with Gasteiger partial charge in [0.25, 0.3) is 0 Å². The summed E-state index contributed by atoms with van der Waals surface area (Å²) in [5.41, 5.74) is 0. The van der Waals surface area contributed by atoms with E-state index >= 15 is 0 Å². The van der Waals surface area contributed by atoms with Crippen molar-refractivity contribution >= 4 is 17.3 Å². The van der Waals surface area contributed by atoms with Gasteiger partial charge in [-0.15, -0.1) is 11.3 Å². The number of hydrogen-bond donors (Lipinski definition) is 2. The van der Waals surface area contributed by atoms with Gasteiger partial charge in [0.2, 0.25) is 0 Å². The highest BCUT2D eigenvalue weighted by atomic mass is 32.1. The molecule has 0 amide bonds. The summed E-state index contributed by atoms with van der Waals surface area (Å²) in [6.45, 7) is 6.07. The first-order chi connectivity index (χ1) is 11.3. The van der Waals surface area contributed by atoms with Crippen molar-refractivity contribution in [2.24, 2.45) is 10.9 Å². The van der Waals surface area contributed by atoms with Crippen LogP contribution in [-0.4, -0.2) is 66.7 Å². The minimum absolute atomic E-state index is 0.136. The molecule has 128 valence electrons. The molecular formula is C17H28N4OS. The monoisotopic (exact) mass is 336 g/mol. The third kappa shape index (κ3) is 4.46. The topological polar surface area (TPSA) is 51.1 Å². The Morgan fingerprint density at radius 1 is 1.35 bits per heavy atom. The molecule has 0 radical (unpaired) electrons. The van der Waals surface area contributed by atoms with E-state index in [0.717, 1.165) is 64.5 Å². The molecule has 1 aromatic rings. The molecule has 1 aliphatic heterocycles. The van der Waals surface area contributed by atoms with Gasteiger partial charge in [0.15, 0.2) is 5.96 Å². The standard InChI is InChI=1S/C17H28N4OS/c1-18-17(19-12-14-4-2-6-16(14)22)21-9-7-20(8-10-21)13-15-5-3-11-23-15/h3,5,11,14,16,22H,2,4,6-10,12-13H2,1H3,(H,18,19). The predicted octanol–water partition coefficient (Wildman–Crippen LogP) is 1.60. The molecule has 2 fully saturated rings. The maximum atomic E-state index is 9.94. The summed E-state index contributed by atoms with van der Waals surface area (Å²) in [6.07, 6.45) is 3.09. The summed E-state index contributed by atoms with van der Waals surface area (Å²) < 4.78 is 0. The van der Waals surface area contributed by atoms with E-state index in [2.05, 4.69) is 37.6 Å². The fourth-order valence-electron chi connectivity index (χ4n) is 3.55. The molecule has 0 bridgehead atoms. The average Bonchev–Trinajstić information content (AvgIpc) is 3.21. The highest BCUT2D eigenvalue weighted by Crippen LogP contribution is 2.24. The van der Waals surface area contributed by atoms with Gasteiger partial charge in [0.1, 0.15) is 0 Å². The van der Waals surface area contributed by atoms with Crippen LogP contribution in [0.5, 0.6) is 0 Å². The van der Waals surface area contributed by atoms with Crippen LogP contribution in [0.2, 0.25) is 0 Å². The third-order valence-electron chi connectivity index (χ3n) is 4.98. The molecule has 0 aromatic carbocycles. The van der Waals surface area contributed by atoms with Crippen LogP contribution in [0.25, 0.3) is 0 Å². The summed E-state index contributed by atoms with van der Waals surface area (Å²) in [5.74, 6) is 1.37. The van der Waals surface area contributed by atoms with E-state index in [1.54, 1.807) is 0 Å². The fraction of sp³-hybridized carbons (Fsp3) is 0.706. The van der Waals surface area contributed by atoms with Crippen LogP contribution in [0.15, 0.2) is 22.5 Å². The number of aliphatic hydroxyl groups excluding tert-OH is 1. The lowest BCUT2D eigenvalue weighted by Gasteiger charge is -2.36. The number of hydrogen-bond acceptors (Lipinski definition) is 4. The highest BCUT2D eigenvalue weighted by molar-refractivity contribution is 7.09. The number of nitrogens with zero attached hydrogens (tertiary/aromatic N) is 3. The zero-order valence-electron chi connectivity index (χ0n) is 13.9. The SMILES string of the molecule is CN=C(NCC1CCCC1O)N1CCN(Cc2cccs2)CC1. The van der Waals surface area contributed by atoms with E-state index in [-0.39, 0.29) is 6.10 Å². The molecule has 2 atom stereocenters. The molecule has 3 rings (SSSR count).